The van der Waals surface area contributed by atoms with Crippen molar-refractivity contribution in [1.82, 2.24) is 24.5 Å². The van der Waals surface area contributed by atoms with E-state index in [1.54, 1.807) is 37.6 Å². The fourth-order valence-corrected chi connectivity index (χ4v) is 4.37. The Balaban J connectivity index is 1.62. The van der Waals surface area contributed by atoms with E-state index in [2.05, 4.69) is 15.0 Å². The summed E-state index contributed by atoms with van der Waals surface area (Å²) in [6.07, 6.45) is 1.75. The molecule has 8 nitrogen and oxygen atoms in total. The number of methoxy groups -OCH3 is 1. The first-order valence-corrected chi connectivity index (χ1v) is 10.5. The lowest BCUT2D eigenvalue weighted by atomic mass is 10.1. The smallest absolute Gasteiger partial charge is 0.336 e. The minimum absolute atomic E-state index is 0.248. The van der Waals surface area contributed by atoms with E-state index in [1.165, 1.54) is 0 Å². The van der Waals surface area contributed by atoms with E-state index in [0.29, 0.717) is 30.1 Å². The molecule has 156 valence electrons. The normalized spacial score (nSPS) is 11.5. The van der Waals surface area contributed by atoms with Gasteiger partial charge in [-0.25, -0.2) is 19.7 Å². The number of hydrogen-bond donors (Lipinski definition) is 2. The third kappa shape index (κ3) is 3.37. The second kappa shape index (κ2) is 7.60. The van der Waals surface area contributed by atoms with Crippen LogP contribution in [0, 0.1) is 6.92 Å². The monoisotopic (exact) mass is 433 g/mol. The van der Waals surface area contributed by atoms with Gasteiger partial charge in [0.05, 0.1) is 45.1 Å². The fraction of sp³-hybridized carbons (Fsp3) is 0.182. The second-order valence-electron chi connectivity index (χ2n) is 7.22. The molecule has 0 amide bonds. The van der Waals surface area contributed by atoms with E-state index >= 15 is 0 Å². The molecule has 0 aliphatic rings. The lowest BCUT2D eigenvalue weighted by molar-refractivity contribution is 0.0696. The molecule has 5 rings (SSSR count). The van der Waals surface area contributed by atoms with Crippen LogP contribution in [-0.4, -0.2) is 49.3 Å². The summed E-state index contributed by atoms with van der Waals surface area (Å²) in [4.78, 5) is 28.6. The molecule has 5 aromatic rings. The van der Waals surface area contributed by atoms with Crippen molar-refractivity contribution < 1.29 is 14.6 Å². The summed E-state index contributed by atoms with van der Waals surface area (Å²) in [5.41, 5.74) is 6.86. The van der Waals surface area contributed by atoms with Crippen LogP contribution in [0.4, 0.5) is 0 Å². The number of ether oxygens (including phenoxy) is 1. The highest BCUT2D eigenvalue weighted by Crippen LogP contribution is 2.29. The number of aromatic amines is 1. The van der Waals surface area contributed by atoms with Gasteiger partial charge in [-0.2, -0.15) is 0 Å². The van der Waals surface area contributed by atoms with E-state index < -0.39 is 5.97 Å². The van der Waals surface area contributed by atoms with Gasteiger partial charge < -0.3 is 19.4 Å². The Labute approximate surface area is 181 Å². The highest BCUT2D eigenvalue weighted by molar-refractivity contribution is 7.16. The van der Waals surface area contributed by atoms with E-state index in [-0.39, 0.29) is 5.56 Å². The highest BCUT2D eigenvalue weighted by Gasteiger charge is 2.18. The Bertz CT molecular complexity index is 1430. The molecule has 31 heavy (non-hydrogen) atoms. The van der Waals surface area contributed by atoms with Gasteiger partial charge in [0.1, 0.15) is 11.5 Å². The Morgan fingerprint density at radius 3 is 2.90 bits per heavy atom. The third-order valence-electron chi connectivity index (χ3n) is 5.26. The third-order valence-corrected chi connectivity index (χ3v) is 6.07. The molecule has 0 atom stereocenters. The average Bonchev–Trinajstić information content (AvgIpc) is 3.48. The van der Waals surface area contributed by atoms with E-state index in [1.807, 2.05) is 34.3 Å². The molecule has 0 aliphatic carbocycles. The summed E-state index contributed by atoms with van der Waals surface area (Å²) < 4.78 is 8.43. The number of hydrogen-bond acceptors (Lipinski definition) is 6. The van der Waals surface area contributed by atoms with Gasteiger partial charge in [0.25, 0.3) is 0 Å². The highest BCUT2D eigenvalue weighted by atomic mass is 32.1. The van der Waals surface area contributed by atoms with Gasteiger partial charge in [-0.05, 0) is 42.8 Å². The minimum atomic E-state index is -0.964. The molecule has 0 fully saturated rings. The fourth-order valence-electron chi connectivity index (χ4n) is 3.71. The molecule has 9 heteroatoms. The lowest BCUT2D eigenvalue weighted by Crippen LogP contribution is -2.06. The van der Waals surface area contributed by atoms with Gasteiger partial charge in [-0.15, -0.1) is 11.3 Å². The largest absolute Gasteiger partial charge is 0.478 e. The Morgan fingerprint density at radius 1 is 1.23 bits per heavy atom. The summed E-state index contributed by atoms with van der Waals surface area (Å²) in [6, 6.07) is 9.53. The standard InChI is InChI=1S/C22H19N5O3S/c1-12-7-18-15(9-14(12)22(28)29)26-21(27(18)5-6-30-2)17-10-23-20(25-17)13-3-4-19-16(8-13)24-11-31-19/h3-4,7-11H,5-6H2,1-2H3,(H,23,25)(H,28,29). The van der Waals surface area contributed by atoms with Gasteiger partial charge >= 0.3 is 5.97 Å². The molecular weight excluding hydrogens is 414 g/mol. The van der Waals surface area contributed by atoms with E-state index in [9.17, 15) is 9.90 Å². The number of aryl methyl sites for hydroxylation is 1. The summed E-state index contributed by atoms with van der Waals surface area (Å²) in [5, 5.41) is 9.47. The lowest BCUT2D eigenvalue weighted by Gasteiger charge is -2.08. The number of carboxylic acid groups (broad SMARTS) is 1. The summed E-state index contributed by atoms with van der Waals surface area (Å²) in [7, 11) is 1.65. The predicted octanol–water partition coefficient (Wildman–Crippen LogP) is 4.36. The molecule has 0 aliphatic heterocycles. The maximum atomic E-state index is 11.6. The first kappa shape index (κ1) is 19.4. The molecule has 3 aromatic heterocycles. The number of thiazole rings is 1. The van der Waals surface area contributed by atoms with Crippen molar-refractivity contribution in [2.75, 3.05) is 13.7 Å². The number of benzene rings is 2. The molecule has 0 unspecified atom stereocenters. The topological polar surface area (TPSA) is 106 Å². The van der Waals surface area contributed by atoms with Crippen molar-refractivity contribution in [2.24, 2.45) is 0 Å². The number of fused-ring (bicyclic) bond motifs is 2. The van der Waals surface area contributed by atoms with Crippen molar-refractivity contribution in [2.45, 2.75) is 13.5 Å². The van der Waals surface area contributed by atoms with Crippen LogP contribution in [0.5, 0.6) is 0 Å². The maximum absolute atomic E-state index is 11.6. The number of H-pyrrole nitrogens is 1. The van der Waals surface area contributed by atoms with Gasteiger partial charge in [-0.3, -0.25) is 0 Å². The molecule has 2 aromatic carbocycles. The SMILES string of the molecule is COCCn1c(-c2cnc(-c3ccc4scnc4c3)[nH]2)nc2cc(C(=O)O)c(C)cc21. The molecule has 0 saturated carbocycles. The molecule has 0 spiro atoms. The number of nitrogens with one attached hydrogen (secondary N) is 1. The number of aromatic nitrogens is 5. The van der Waals surface area contributed by atoms with Crippen LogP contribution in [0.2, 0.25) is 0 Å². The maximum Gasteiger partial charge on any atom is 0.336 e. The van der Waals surface area contributed by atoms with Crippen LogP contribution in [0.3, 0.4) is 0 Å². The van der Waals surface area contributed by atoms with Gasteiger partial charge in [0.2, 0.25) is 0 Å². The molecule has 0 bridgehead atoms. The molecule has 3 heterocycles. The molecular formula is C22H19N5O3S. The average molecular weight is 433 g/mol. The van der Waals surface area contributed by atoms with Crippen LogP contribution in [-0.2, 0) is 11.3 Å². The first-order chi connectivity index (χ1) is 15.0. The van der Waals surface area contributed by atoms with Crippen LogP contribution < -0.4 is 0 Å². The Morgan fingerprint density at radius 2 is 2.10 bits per heavy atom. The Kier molecular flexibility index (Phi) is 4.76. The van der Waals surface area contributed by atoms with E-state index in [0.717, 1.165) is 32.8 Å². The van der Waals surface area contributed by atoms with Crippen molar-refractivity contribution in [3.8, 4) is 22.9 Å². The predicted molar refractivity (Wildman–Crippen MR) is 120 cm³/mol. The van der Waals surface area contributed by atoms with Crippen molar-refractivity contribution >= 4 is 38.6 Å². The zero-order valence-electron chi connectivity index (χ0n) is 16.9. The number of carbonyl (C=O) groups is 1. The zero-order chi connectivity index (χ0) is 21.5. The van der Waals surface area contributed by atoms with Gasteiger partial charge in [0, 0.05) is 19.2 Å². The minimum Gasteiger partial charge on any atom is -0.478 e. The van der Waals surface area contributed by atoms with Crippen LogP contribution in [0.25, 0.3) is 44.2 Å². The molecule has 0 saturated heterocycles. The Hall–Kier alpha value is -3.56. The number of nitrogens with zero attached hydrogens (tertiary/aromatic N) is 4. The van der Waals surface area contributed by atoms with Crippen LogP contribution in [0.15, 0.2) is 42.0 Å². The van der Waals surface area contributed by atoms with Gasteiger partial charge in [-0.1, -0.05) is 0 Å². The van der Waals surface area contributed by atoms with Crippen LogP contribution >= 0.6 is 11.3 Å². The first-order valence-electron chi connectivity index (χ1n) is 9.67. The van der Waals surface area contributed by atoms with Gasteiger partial charge in [0.15, 0.2) is 5.82 Å². The van der Waals surface area contributed by atoms with E-state index in [4.69, 9.17) is 9.72 Å². The summed E-state index contributed by atoms with van der Waals surface area (Å²) in [6.45, 7) is 2.87. The molecule has 0 radical (unpaired) electrons. The zero-order valence-corrected chi connectivity index (χ0v) is 17.7. The number of carboxylic acids is 1. The van der Waals surface area contributed by atoms with Crippen LogP contribution in [0.1, 0.15) is 15.9 Å². The number of aromatic carboxylic acids is 1. The summed E-state index contributed by atoms with van der Waals surface area (Å²) >= 11 is 1.60. The summed E-state index contributed by atoms with van der Waals surface area (Å²) in [5.74, 6) is 0.439. The van der Waals surface area contributed by atoms with Crippen molar-refractivity contribution in [1.29, 1.82) is 0 Å². The molecule has 2 N–H and O–H groups in total. The quantitative estimate of drug-likeness (QED) is 0.412. The number of imidazole rings is 2. The second-order valence-corrected chi connectivity index (χ2v) is 8.11. The van der Waals surface area contributed by atoms with Crippen molar-refractivity contribution in [3.63, 3.8) is 0 Å². The number of rotatable bonds is 6. The van der Waals surface area contributed by atoms with Crippen molar-refractivity contribution in [3.05, 3.63) is 53.2 Å².